The van der Waals surface area contributed by atoms with Gasteiger partial charge in [-0.1, -0.05) is 20.8 Å². The number of methoxy groups -OCH3 is 2. The highest BCUT2D eigenvalue weighted by Crippen LogP contribution is 2.26. The first-order valence-corrected chi connectivity index (χ1v) is 11.6. The standard InChI is InChI=1S/C25H29N3O4.C2H6/c1-5-28(12-13-29-3)16-23-24(17-31-22-11-8-20(15-26)18(2)14-22)32-25(27-23)19-6-9-21(30-4)10-7-19;1-2/h6-11,14H,5,12-13,16-17H2,1-4H3;1-2H3. The molecule has 0 radical (unpaired) electrons. The maximum atomic E-state index is 9.13. The molecule has 3 aromatic rings. The van der Waals surface area contributed by atoms with E-state index in [2.05, 4.69) is 17.9 Å². The molecule has 0 saturated heterocycles. The van der Waals surface area contributed by atoms with Crippen molar-refractivity contribution in [2.24, 2.45) is 0 Å². The average molecular weight is 466 g/mol. The fourth-order valence-electron chi connectivity index (χ4n) is 3.26. The average Bonchev–Trinajstić information content (AvgIpc) is 3.29. The SMILES string of the molecule is CC.CCN(CCOC)Cc1nc(-c2ccc(OC)cc2)oc1COc1ccc(C#N)c(C)c1. The summed E-state index contributed by atoms with van der Waals surface area (Å²) in [6.45, 7) is 11.2. The lowest BCUT2D eigenvalue weighted by Gasteiger charge is -2.19. The number of aryl methyl sites for hydroxylation is 1. The maximum Gasteiger partial charge on any atom is 0.226 e. The molecule has 1 heterocycles. The topological polar surface area (TPSA) is 80.8 Å². The zero-order valence-electron chi connectivity index (χ0n) is 21.1. The molecule has 0 aliphatic heterocycles. The molecule has 0 atom stereocenters. The number of hydrogen-bond acceptors (Lipinski definition) is 7. The largest absolute Gasteiger partial charge is 0.497 e. The molecule has 0 aliphatic rings. The monoisotopic (exact) mass is 465 g/mol. The van der Waals surface area contributed by atoms with Crippen LogP contribution in [0.5, 0.6) is 11.5 Å². The Morgan fingerprint density at radius 3 is 2.35 bits per heavy atom. The molecule has 0 unspecified atom stereocenters. The van der Waals surface area contributed by atoms with E-state index in [-0.39, 0.29) is 6.61 Å². The molecule has 0 N–H and O–H groups in total. The summed E-state index contributed by atoms with van der Waals surface area (Å²) < 4.78 is 22.6. The van der Waals surface area contributed by atoms with Crippen LogP contribution in [0.25, 0.3) is 11.5 Å². The molecule has 0 saturated carbocycles. The molecule has 7 nitrogen and oxygen atoms in total. The van der Waals surface area contributed by atoms with E-state index in [1.807, 2.05) is 51.1 Å². The van der Waals surface area contributed by atoms with Crippen molar-refractivity contribution < 1.29 is 18.6 Å². The van der Waals surface area contributed by atoms with Gasteiger partial charge in [0.25, 0.3) is 0 Å². The van der Waals surface area contributed by atoms with Crippen LogP contribution in [0.4, 0.5) is 0 Å². The summed E-state index contributed by atoms with van der Waals surface area (Å²) in [5, 5.41) is 9.13. The molecule has 0 spiro atoms. The van der Waals surface area contributed by atoms with Crippen molar-refractivity contribution in [1.82, 2.24) is 9.88 Å². The second-order valence-electron chi connectivity index (χ2n) is 7.36. The minimum atomic E-state index is 0.242. The van der Waals surface area contributed by atoms with E-state index in [0.717, 1.165) is 35.7 Å². The number of oxazole rings is 1. The van der Waals surface area contributed by atoms with Crippen LogP contribution in [0.15, 0.2) is 46.9 Å². The van der Waals surface area contributed by atoms with E-state index in [4.69, 9.17) is 28.9 Å². The van der Waals surface area contributed by atoms with Crippen molar-refractivity contribution in [2.45, 2.75) is 40.8 Å². The van der Waals surface area contributed by atoms with Crippen molar-refractivity contribution in [2.75, 3.05) is 33.9 Å². The van der Waals surface area contributed by atoms with E-state index in [1.165, 1.54) is 0 Å². The van der Waals surface area contributed by atoms with Crippen LogP contribution in [0.3, 0.4) is 0 Å². The van der Waals surface area contributed by atoms with E-state index < -0.39 is 0 Å². The summed E-state index contributed by atoms with van der Waals surface area (Å²) in [6.07, 6.45) is 0. The van der Waals surface area contributed by atoms with Gasteiger partial charge >= 0.3 is 0 Å². The molecule has 34 heavy (non-hydrogen) atoms. The molecule has 3 rings (SSSR count). The second-order valence-corrected chi connectivity index (χ2v) is 7.36. The molecule has 7 heteroatoms. The number of ether oxygens (including phenoxy) is 3. The van der Waals surface area contributed by atoms with Crippen LogP contribution in [-0.4, -0.2) is 43.8 Å². The second kappa shape index (κ2) is 14.0. The third kappa shape index (κ3) is 7.34. The number of nitrogens with zero attached hydrogens (tertiary/aromatic N) is 3. The summed E-state index contributed by atoms with van der Waals surface area (Å²) in [7, 11) is 3.34. The summed E-state index contributed by atoms with van der Waals surface area (Å²) in [5.74, 6) is 2.67. The van der Waals surface area contributed by atoms with Gasteiger partial charge in [-0.25, -0.2) is 4.98 Å². The number of aromatic nitrogens is 1. The Kier molecular flexibility index (Phi) is 11.1. The zero-order valence-corrected chi connectivity index (χ0v) is 21.1. The Balaban J connectivity index is 0.00000199. The van der Waals surface area contributed by atoms with Gasteiger partial charge in [0.2, 0.25) is 5.89 Å². The van der Waals surface area contributed by atoms with Crippen LogP contribution >= 0.6 is 0 Å². The summed E-state index contributed by atoms with van der Waals surface area (Å²) in [5.41, 5.74) is 3.21. The number of hydrogen-bond donors (Lipinski definition) is 0. The first-order valence-electron chi connectivity index (χ1n) is 11.6. The van der Waals surface area contributed by atoms with Crippen LogP contribution in [0, 0.1) is 18.3 Å². The number of nitriles is 1. The highest BCUT2D eigenvalue weighted by molar-refractivity contribution is 5.55. The smallest absolute Gasteiger partial charge is 0.226 e. The predicted molar refractivity (Wildman–Crippen MR) is 133 cm³/mol. The van der Waals surface area contributed by atoms with Crippen molar-refractivity contribution in [3.63, 3.8) is 0 Å². The summed E-state index contributed by atoms with van der Waals surface area (Å²) in [4.78, 5) is 7.02. The fraction of sp³-hybridized carbons (Fsp3) is 0.407. The lowest BCUT2D eigenvalue weighted by Crippen LogP contribution is -2.27. The summed E-state index contributed by atoms with van der Waals surface area (Å²) in [6, 6.07) is 15.2. The zero-order chi connectivity index (χ0) is 24.9. The van der Waals surface area contributed by atoms with Gasteiger partial charge in [-0.05, 0) is 61.5 Å². The Hall–Kier alpha value is -3.34. The highest BCUT2D eigenvalue weighted by atomic mass is 16.5. The van der Waals surface area contributed by atoms with Crippen LogP contribution < -0.4 is 9.47 Å². The third-order valence-corrected chi connectivity index (χ3v) is 5.24. The molecule has 182 valence electrons. The summed E-state index contributed by atoms with van der Waals surface area (Å²) >= 11 is 0. The first-order chi connectivity index (χ1) is 16.6. The highest BCUT2D eigenvalue weighted by Gasteiger charge is 2.18. The number of likely N-dealkylation sites (N-methyl/N-ethyl adjacent to an activating group) is 1. The quantitative estimate of drug-likeness (QED) is 0.364. The van der Waals surface area contributed by atoms with Crippen LogP contribution in [0.2, 0.25) is 0 Å². The predicted octanol–water partition coefficient (Wildman–Crippen LogP) is 5.60. The van der Waals surface area contributed by atoms with E-state index in [0.29, 0.717) is 36.1 Å². The maximum absolute atomic E-state index is 9.13. The van der Waals surface area contributed by atoms with Crippen molar-refractivity contribution in [3.05, 3.63) is 65.0 Å². The lowest BCUT2D eigenvalue weighted by atomic mass is 10.1. The Morgan fingerprint density at radius 1 is 1.06 bits per heavy atom. The van der Waals surface area contributed by atoms with Gasteiger partial charge in [0.15, 0.2) is 5.76 Å². The number of rotatable bonds is 11. The molecule has 0 bridgehead atoms. The van der Waals surface area contributed by atoms with Gasteiger partial charge in [-0.2, -0.15) is 5.26 Å². The minimum absolute atomic E-state index is 0.242. The Morgan fingerprint density at radius 2 is 1.76 bits per heavy atom. The Labute approximate surface area is 202 Å². The first kappa shape index (κ1) is 26.9. The van der Waals surface area contributed by atoms with E-state index >= 15 is 0 Å². The van der Waals surface area contributed by atoms with Crippen molar-refractivity contribution >= 4 is 0 Å². The van der Waals surface area contributed by atoms with Crippen LogP contribution in [0.1, 0.15) is 43.4 Å². The van der Waals surface area contributed by atoms with Crippen molar-refractivity contribution in [3.8, 4) is 29.0 Å². The Bertz CT molecular complexity index is 1050. The minimum Gasteiger partial charge on any atom is -0.497 e. The number of benzene rings is 2. The van der Waals surface area contributed by atoms with Gasteiger partial charge in [-0.3, -0.25) is 4.90 Å². The van der Waals surface area contributed by atoms with Crippen molar-refractivity contribution in [1.29, 1.82) is 5.26 Å². The molecule has 0 amide bonds. The molecule has 0 aliphatic carbocycles. The van der Waals surface area contributed by atoms with Gasteiger partial charge < -0.3 is 18.6 Å². The van der Waals surface area contributed by atoms with Crippen LogP contribution in [-0.2, 0) is 17.9 Å². The molecule has 2 aromatic carbocycles. The van der Waals surface area contributed by atoms with Gasteiger partial charge in [-0.15, -0.1) is 0 Å². The lowest BCUT2D eigenvalue weighted by molar-refractivity contribution is 0.146. The van der Waals surface area contributed by atoms with E-state index in [9.17, 15) is 0 Å². The van der Waals surface area contributed by atoms with Gasteiger partial charge in [0, 0.05) is 25.8 Å². The third-order valence-electron chi connectivity index (χ3n) is 5.24. The fourth-order valence-corrected chi connectivity index (χ4v) is 3.26. The van der Waals surface area contributed by atoms with Gasteiger partial charge in [0.1, 0.15) is 23.8 Å². The molecular formula is C27H35N3O4. The molecular weight excluding hydrogens is 430 g/mol. The normalized spacial score (nSPS) is 10.4. The van der Waals surface area contributed by atoms with Gasteiger partial charge in [0.05, 0.1) is 25.3 Å². The van der Waals surface area contributed by atoms with E-state index in [1.54, 1.807) is 26.4 Å². The molecule has 1 aromatic heterocycles. The molecule has 0 fully saturated rings.